The summed E-state index contributed by atoms with van der Waals surface area (Å²) in [5, 5.41) is 1.94. The van der Waals surface area contributed by atoms with Crippen molar-refractivity contribution in [3.8, 4) is 22.9 Å². The number of thiophene rings is 1. The van der Waals surface area contributed by atoms with Crippen LogP contribution in [0.15, 0.2) is 45.6 Å². The van der Waals surface area contributed by atoms with E-state index in [9.17, 15) is 9.59 Å². The molecule has 0 unspecified atom stereocenters. The molecule has 0 aliphatic carbocycles. The summed E-state index contributed by atoms with van der Waals surface area (Å²) in [6, 6.07) is 7.43. The zero-order chi connectivity index (χ0) is 19.1. The van der Waals surface area contributed by atoms with Gasteiger partial charge in [0, 0.05) is 18.2 Å². The van der Waals surface area contributed by atoms with Gasteiger partial charge in [0.05, 0.1) is 11.2 Å². The van der Waals surface area contributed by atoms with Crippen molar-refractivity contribution in [1.29, 1.82) is 0 Å². The summed E-state index contributed by atoms with van der Waals surface area (Å²) in [6.45, 7) is 3.61. The quantitative estimate of drug-likeness (QED) is 0.590. The SMILES string of the molecule is Cc1cc(Oc2ncnc3ccsc23)ccc1-c1c(C)c(=O)[nH]c(=O)n1C. The first-order valence-electron chi connectivity index (χ1n) is 8.22. The zero-order valence-corrected chi connectivity index (χ0v) is 15.8. The van der Waals surface area contributed by atoms with Crippen LogP contribution in [0.1, 0.15) is 11.1 Å². The number of H-pyrrole nitrogens is 1. The molecule has 4 rings (SSSR count). The molecule has 0 spiro atoms. The minimum atomic E-state index is -0.443. The van der Waals surface area contributed by atoms with Crippen molar-refractivity contribution in [2.45, 2.75) is 13.8 Å². The third-order valence-electron chi connectivity index (χ3n) is 4.43. The van der Waals surface area contributed by atoms with Crippen molar-refractivity contribution in [2.75, 3.05) is 0 Å². The molecule has 0 aliphatic heterocycles. The first kappa shape index (κ1) is 17.2. The van der Waals surface area contributed by atoms with E-state index in [0.29, 0.717) is 22.9 Å². The van der Waals surface area contributed by atoms with E-state index >= 15 is 0 Å². The Morgan fingerprint density at radius 1 is 1.15 bits per heavy atom. The maximum Gasteiger partial charge on any atom is 0.328 e. The molecule has 1 N–H and O–H groups in total. The molecule has 3 aromatic heterocycles. The average Bonchev–Trinajstić information content (AvgIpc) is 3.12. The predicted molar refractivity (Wildman–Crippen MR) is 105 cm³/mol. The summed E-state index contributed by atoms with van der Waals surface area (Å²) in [6.07, 6.45) is 1.47. The van der Waals surface area contributed by atoms with Gasteiger partial charge in [0.15, 0.2) is 0 Å². The number of aryl methyl sites for hydroxylation is 1. The van der Waals surface area contributed by atoms with Gasteiger partial charge in [-0.05, 0) is 49.1 Å². The zero-order valence-electron chi connectivity index (χ0n) is 14.9. The van der Waals surface area contributed by atoms with Crippen LogP contribution in [0.4, 0.5) is 0 Å². The highest BCUT2D eigenvalue weighted by Gasteiger charge is 2.14. The minimum absolute atomic E-state index is 0.381. The topological polar surface area (TPSA) is 89.9 Å². The van der Waals surface area contributed by atoms with Crippen molar-refractivity contribution >= 4 is 21.6 Å². The molecule has 7 nitrogen and oxygen atoms in total. The second kappa shape index (κ2) is 6.48. The van der Waals surface area contributed by atoms with Gasteiger partial charge in [-0.25, -0.2) is 14.8 Å². The Morgan fingerprint density at radius 2 is 1.96 bits per heavy atom. The van der Waals surface area contributed by atoms with Crippen molar-refractivity contribution < 1.29 is 4.74 Å². The molecular formula is C19H16N4O3S. The molecule has 0 atom stereocenters. The number of rotatable bonds is 3. The number of benzene rings is 1. The van der Waals surface area contributed by atoms with E-state index in [-0.39, 0.29) is 5.56 Å². The van der Waals surface area contributed by atoms with E-state index in [1.54, 1.807) is 20.0 Å². The number of nitrogens with zero attached hydrogens (tertiary/aromatic N) is 3. The molecule has 0 bridgehead atoms. The molecule has 8 heteroatoms. The number of aromatic nitrogens is 4. The normalized spacial score (nSPS) is 11.1. The van der Waals surface area contributed by atoms with Gasteiger partial charge >= 0.3 is 5.69 Å². The van der Waals surface area contributed by atoms with Gasteiger partial charge in [-0.1, -0.05) is 0 Å². The Labute approximate surface area is 157 Å². The number of hydrogen-bond acceptors (Lipinski definition) is 6. The van der Waals surface area contributed by atoms with Crippen molar-refractivity contribution in [1.82, 2.24) is 19.5 Å². The molecule has 0 amide bonds. The summed E-state index contributed by atoms with van der Waals surface area (Å²) in [7, 11) is 1.64. The smallest absolute Gasteiger partial charge is 0.328 e. The molecule has 1 aromatic carbocycles. The van der Waals surface area contributed by atoms with Crippen LogP contribution in [-0.2, 0) is 7.05 Å². The fourth-order valence-corrected chi connectivity index (χ4v) is 3.80. The number of fused-ring (bicyclic) bond motifs is 1. The second-order valence-corrected chi connectivity index (χ2v) is 7.10. The molecule has 0 saturated carbocycles. The van der Waals surface area contributed by atoms with Crippen molar-refractivity contribution in [3.63, 3.8) is 0 Å². The molecule has 0 fully saturated rings. The van der Waals surface area contributed by atoms with Crippen LogP contribution >= 0.6 is 11.3 Å². The predicted octanol–water partition coefficient (Wildman–Crippen LogP) is 3.15. The van der Waals surface area contributed by atoms with Gasteiger partial charge in [-0.15, -0.1) is 11.3 Å². The third-order valence-corrected chi connectivity index (χ3v) is 5.33. The Hall–Kier alpha value is -3.26. The fraction of sp³-hybridized carbons (Fsp3) is 0.158. The van der Waals surface area contributed by atoms with E-state index in [0.717, 1.165) is 21.3 Å². The van der Waals surface area contributed by atoms with E-state index in [1.807, 2.05) is 30.5 Å². The minimum Gasteiger partial charge on any atom is -0.437 e. The van der Waals surface area contributed by atoms with Gasteiger partial charge in [0.2, 0.25) is 5.88 Å². The van der Waals surface area contributed by atoms with Crippen molar-refractivity contribution in [2.24, 2.45) is 7.05 Å². The van der Waals surface area contributed by atoms with Crippen molar-refractivity contribution in [3.05, 3.63) is 67.9 Å². The molecule has 4 aromatic rings. The average molecular weight is 380 g/mol. The number of aromatic amines is 1. The van der Waals surface area contributed by atoms with Crippen LogP contribution in [0.3, 0.4) is 0 Å². The van der Waals surface area contributed by atoms with Crippen LogP contribution in [-0.4, -0.2) is 19.5 Å². The van der Waals surface area contributed by atoms with Gasteiger partial charge in [0.1, 0.15) is 16.8 Å². The van der Waals surface area contributed by atoms with E-state index < -0.39 is 5.69 Å². The number of hydrogen-bond donors (Lipinski definition) is 1. The lowest BCUT2D eigenvalue weighted by atomic mass is 10.0. The van der Waals surface area contributed by atoms with E-state index in [1.165, 1.54) is 22.2 Å². The highest BCUT2D eigenvalue weighted by atomic mass is 32.1. The number of ether oxygens (including phenoxy) is 1. The third kappa shape index (κ3) is 2.93. The highest BCUT2D eigenvalue weighted by Crippen LogP contribution is 2.33. The Morgan fingerprint density at radius 3 is 2.74 bits per heavy atom. The first-order valence-corrected chi connectivity index (χ1v) is 9.10. The molecule has 0 radical (unpaired) electrons. The molecule has 0 saturated heterocycles. The largest absolute Gasteiger partial charge is 0.437 e. The Kier molecular flexibility index (Phi) is 4.12. The standard InChI is InChI=1S/C19H16N4O3S/c1-10-8-12(26-18-16-14(6-7-27-16)20-9-21-18)4-5-13(10)15-11(2)17(24)22-19(25)23(15)3/h4-9H,1-3H3,(H,22,24,25). The van der Waals surface area contributed by atoms with Gasteiger partial charge in [-0.3, -0.25) is 14.3 Å². The molecule has 136 valence electrons. The maximum absolute atomic E-state index is 12.0. The molecular weight excluding hydrogens is 364 g/mol. The van der Waals surface area contributed by atoms with Gasteiger partial charge in [0.25, 0.3) is 5.56 Å². The van der Waals surface area contributed by atoms with Crippen LogP contribution in [0.2, 0.25) is 0 Å². The second-order valence-electron chi connectivity index (χ2n) is 6.18. The molecule has 0 aliphatic rings. The molecule has 27 heavy (non-hydrogen) atoms. The van der Waals surface area contributed by atoms with Gasteiger partial charge < -0.3 is 4.74 Å². The lowest BCUT2D eigenvalue weighted by Gasteiger charge is -2.14. The summed E-state index contributed by atoms with van der Waals surface area (Å²) in [5.74, 6) is 1.12. The lowest BCUT2D eigenvalue weighted by molar-refractivity contribution is 0.469. The van der Waals surface area contributed by atoms with Gasteiger partial charge in [-0.2, -0.15) is 0 Å². The van der Waals surface area contributed by atoms with E-state index in [2.05, 4.69) is 15.0 Å². The maximum atomic E-state index is 12.0. The molecule has 3 heterocycles. The first-order chi connectivity index (χ1) is 13.0. The van der Waals surface area contributed by atoms with E-state index in [4.69, 9.17) is 4.74 Å². The summed E-state index contributed by atoms with van der Waals surface area (Å²) in [5.41, 5.74) is 2.78. The summed E-state index contributed by atoms with van der Waals surface area (Å²) in [4.78, 5) is 34.7. The van der Waals surface area contributed by atoms with Crippen LogP contribution in [0.25, 0.3) is 21.5 Å². The Bertz CT molecular complexity index is 1250. The van der Waals surface area contributed by atoms with Crippen LogP contribution in [0, 0.1) is 13.8 Å². The lowest BCUT2D eigenvalue weighted by Crippen LogP contribution is -2.31. The van der Waals surface area contributed by atoms with Crippen LogP contribution < -0.4 is 16.0 Å². The summed E-state index contributed by atoms with van der Waals surface area (Å²) >= 11 is 1.52. The monoisotopic (exact) mass is 380 g/mol. The summed E-state index contributed by atoms with van der Waals surface area (Å²) < 4.78 is 8.28. The number of nitrogens with one attached hydrogen (secondary N) is 1. The van der Waals surface area contributed by atoms with Crippen LogP contribution in [0.5, 0.6) is 11.6 Å². The Balaban J connectivity index is 1.78. The fourth-order valence-electron chi connectivity index (χ4n) is 3.03. The highest BCUT2D eigenvalue weighted by molar-refractivity contribution is 7.17.